The lowest BCUT2D eigenvalue weighted by atomic mass is 10.2. The molecule has 2 N–H and O–H groups in total. The van der Waals surface area contributed by atoms with Gasteiger partial charge in [0.25, 0.3) is 0 Å². The van der Waals surface area contributed by atoms with Crippen molar-refractivity contribution in [2.24, 2.45) is 0 Å². The summed E-state index contributed by atoms with van der Waals surface area (Å²) in [6, 6.07) is 6.72. The molecule has 0 unspecified atom stereocenters. The summed E-state index contributed by atoms with van der Waals surface area (Å²) >= 11 is 0. The molecule has 2 rings (SSSR count). The largest absolute Gasteiger partial charge is 0.315 e. The van der Waals surface area contributed by atoms with Crippen LogP contribution in [0.3, 0.4) is 0 Å². The molecule has 0 bridgehead atoms. The molecule has 0 aliphatic rings. The second-order valence-corrected chi connectivity index (χ2v) is 7.18. The first-order chi connectivity index (χ1) is 10.5. The summed E-state index contributed by atoms with van der Waals surface area (Å²) in [7, 11) is -3.50. The quantitative estimate of drug-likeness (QED) is 0.675. The lowest BCUT2D eigenvalue weighted by Crippen LogP contribution is -2.40. The highest BCUT2D eigenvalue weighted by Crippen LogP contribution is 2.18. The van der Waals surface area contributed by atoms with Gasteiger partial charge in [-0.3, -0.25) is 4.98 Å². The van der Waals surface area contributed by atoms with E-state index in [-0.39, 0.29) is 35.8 Å². The number of aromatic nitrogens is 1. The first-order valence-corrected chi connectivity index (χ1v) is 9.08. The topological polar surface area (TPSA) is 71.1 Å². The molecule has 0 amide bonds. The van der Waals surface area contributed by atoms with Gasteiger partial charge in [0.2, 0.25) is 10.0 Å². The van der Waals surface area contributed by atoms with Crippen LogP contribution in [0.1, 0.15) is 26.7 Å². The number of rotatable bonds is 8. The molecule has 8 heteroatoms. The fraction of sp³-hybridized carbons (Fsp3) is 0.438. The number of pyridine rings is 1. The van der Waals surface area contributed by atoms with Gasteiger partial charge in [0.15, 0.2) is 0 Å². The van der Waals surface area contributed by atoms with Crippen LogP contribution in [0, 0.1) is 0 Å². The van der Waals surface area contributed by atoms with Crippen LogP contribution in [0.2, 0.25) is 0 Å². The van der Waals surface area contributed by atoms with Crippen LogP contribution >= 0.6 is 24.8 Å². The number of halogens is 2. The van der Waals surface area contributed by atoms with E-state index in [0.717, 1.165) is 30.2 Å². The van der Waals surface area contributed by atoms with E-state index in [1.165, 1.54) is 0 Å². The second kappa shape index (κ2) is 10.8. The Bertz CT molecular complexity index is 726. The average Bonchev–Trinajstić information content (AvgIpc) is 2.50. The molecule has 0 saturated heterocycles. The van der Waals surface area contributed by atoms with Crippen molar-refractivity contribution in [3.63, 3.8) is 0 Å². The zero-order valence-electron chi connectivity index (χ0n) is 13.9. The van der Waals surface area contributed by atoms with Gasteiger partial charge in [-0.1, -0.05) is 19.4 Å². The van der Waals surface area contributed by atoms with Crippen LogP contribution in [0.15, 0.2) is 41.6 Å². The Balaban J connectivity index is 0.00000264. The predicted molar refractivity (Wildman–Crippen MR) is 104 cm³/mol. The van der Waals surface area contributed by atoms with E-state index in [9.17, 15) is 8.42 Å². The van der Waals surface area contributed by atoms with Crippen LogP contribution in [0.5, 0.6) is 0 Å². The summed E-state index contributed by atoms with van der Waals surface area (Å²) in [5, 5.41) is 5.05. The SMILES string of the molecule is CCCCNC[C@@H](C)NS(=O)(=O)c1ccc2cnccc2c1.Cl.Cl. The maximum atomic E-state index is 12.4. The van der Waals surface area contributed by atoms with Gasteiger partial charge in [0, 0.05) is 30.4 Å². The minimum atomic E-state index is -3.50. The molecule has 2 aromatic rings. The monoisotopic (exact) mass is 393 g/mol. The molecule has 0 radical (unpaired) electrons. The summed E-state index contributed by atoms with van der Waals surface area (Å²) in [5.74, 6) is 0. The minimum absolute atomic E-state index is 0. The van der Waals surface area contributed by atoms with Crippen LogP contribution < -0.4 is 10.0 Å². The second-order valence-electron chi connectivity index (χ2n) is 5.46. The maximum Gasteiger partial charge on any atom is 0.240 e. The Morgan fingerprint density at radius 1 is 1.17 bits per heavy atom. The van der Waals surface area contributed by atoms with Gasteiger partial charge in [-0.15, -0.1) is 24.8 Å². The van der Waals surface area contributed by atoms with Gasteiger partial charge in [-0.2, -0.15) is 0 Å². The van der Waals surface area contributed by atoms with Crippen molar-refractivity contribution in [2.45, 2.75) is 37.6 Å². The van der Waals surface area contributed by atoms with Gasteiger partial charge in [-0.05, 0) is 43.5 Å². The summed E-state index contributed by atoms with van der Waals surface area (Å²) in [4.78, 5) is 4.31. The molecular weight excluding hydrogens is 369 g/mol. The molecule has 0 spiro atoms. The smallest absolute Gasteiger partial charge is 0.240 e. The average molecular weight is 394 g/mol. The first kappa shape index (κ1) is 23.1. The highest BCUT2D eigenvalue weighted by atomic mass is 35.5. The van der Waals surface area contributed by atoms with Gasteiger partial charge in [0.05, 0.1) is 4.90 Å². The van der Waals surface area contributed by atoms with E-state index in [1.807, 2.05) is 13.0 Å². The normalized spacial score (nSPS) is 12.2. The summed E-state index contributed by atoms with van der Waals surface area (Å²) in [6.45, 7) is 5.52. The zero-order chi connectivity index (χ0) is 16.0. The molecule has 0 aliphatic heterocycles. The predicted octanol–water partition coefficient (Wildman–Crippen LogP) is 3.13. The molecule has 5 nitrogen and oxygen atoms in total. The van der Waals surface area contributed by atoms with Crippen molar-refractivity contribution in [1.29, 1.82) is 0 Å². The number of sulfonamides is 1. The van der Waals surface area contributed by atoms with E-state index in [2.05, 4.69) is 21.9 Å². The summed E-state index contributed by atoms with van der Waals surface area (Å²) in [5.41, 5.74) is 0. The van der Waals surface area contributed by atoms with E-state index in [4.69, 9.17) is 0 Å². The van der Waals surface area contributed by atoms with Crippen molar-refractivity contribution in [2.75, 3.05) is 13.1 Å². The fourth-order valence-electron chi connectivity index (χ4n) is 2.22. The van der Waals surface area contributed by atoms with E-state index >= 15 is 0 Å². The molecule has 0 fully saturated rings. The van der Waals surface area contributed by atoms with E-state index in [1.54, 1.807) is 30.6 Å². The minimum Gasteiger partial charge on any atom is -0.315 e. The molecule has 24 heavy (non-hydrogen) atoms. The first-order valence-electron chi connectivity index (χ1n) is 7.60. The Hall–Kier alpha value is -0.920. The molecule has 0 aliphatic carbocycles. The van der Waals surface area contributed by atoms with Gasteiger partial charge >= 0.3 is 0 Å². The fourth-order valence-corrected chi connectivity index (χ4v) is 3.50. The van der Waals surface area contributed by atoms with Crippen LogP contribution in [-0.4, -0.2) is 32.5 Å². The number of benzene rings is 1. The van der Waals surface area contributed by atoms with Crippen molar-refractivity contribution >= 4 is 45.6 Å². The molecule has 1 aromatic heterocycles. The third-order valence-electron chi connectivity index (χ3n) is 3.44. The number of fused-ring (bicyclic) bond motifs is 1. The van der Waals surface area contributed by atoms with Crippen LogP contribution in [0.25, 0.3) is 10.8 Å². The van der Waals surface area contributed by atoms with Crippen molar-refractivity contribution < 1.29 is 8.42 Å². The number of nitrogens with one attached hydrogen (secondary N) is 2. The molecule has 0 saturated carbocycles. The molecule has 1 atom stereocenters. The van der Waals surface area contributed by atoms with Crippen LogP contribution in [-0.2, 0) is 10.0 Å². The van der Waals surface area contributed by atoms with Gasteiger partial charge < -0.3 is 5.32 Å². The van der Waals surface area contributed by atoms with Crippen LogP contribution in [0.4, 0.5) is 0 Å². The maximum absolute atomic E-state index is 12.4. The Kier molecular flexibility index (Phi) is 10.4. The number of nitrogens with zero attached hydrogens (tertiary/aromatic N) is 1. The Morgan fingerprint density at radius 2 is 1.92 bits per heavy atom. The third-order valence-corrected chi connectivity index (χ3v) is 5.02. The van der Waals surface area contributed by atoms with E-state index in [0.29, 0.717) is 6.54 Å². The molecular formula is C16H25Cl2N3O2S. The molecule has 1 heterocycles. The van der Waals surface area contributed by atoms with E-state index < -0.39 is 10.0 Å². The van der Waals surface area contributed by atoms with Crippen molar-refractivity contribution in [3.8, 4) is 0 Å². The van der Waals surface area contributed by atoms with Gasteiger partial charge in [0.1, 0.15) is 0 Å². The van der Waals surface area contributed by atoms with Gasteiger partial charge in [-0.25, -0.2) is 13.1 Å². The zero-order valence-corrected chi connectivity index (χ0v) is 16.3. The van der Waals surface area contributed by atoms with Crippen molar-refractivity contribution in [3.05, 3.63) is 36.7 Å². The highest BCUT2D eigenvalue weighted by molar-refractivity contribution is 7.89. The number of hydrogen-bond donors (Lipinski definition) is 2. The summed E-state index contributed by atoms with van der Waals surface area (Å²) in [6.07, 6.45) is 5.60. The lowest BCUT2D eigenvalue weighted by molar-refractivity contribution is 0.531. The lowest BCUT2D eigenvalue weighted by Gasteiger charge is -2.15. The Morgan fingerprint density at radius 3 is 2.62 bits per heavy atom. The van der Waals surface area contributed by atoms with Crippen molar-refractivity contribution in [1.82, 2.24) is 15.0 Å². The number of unbranched alkanes of at least 4 members (excludes halogenated alkanes) is 1. The standard InChI is InChI=1S/C16H23N3O2S.2ClH/c1-3-4-8-17-11-13(2)19-22(20,21)16-6-5-15-12-18-9-7-14(15)10-16;;/h5-7,9-10,12-13,17,19H,3-4,8,11H2,1-2H3;2*1H/t13-;;/m1../s1. The Labute approximate surface area is 156 Å². The number of hydrogen-bond acceptors (Lipinski definition) is 4. The highest BCUT2D eigenvalue weighted by Gasteiger charge is 2.17. The summed E-state index contributed by atoms with van der Waals surface area (Å²) < 4.78 is 27.5. The molecule has 136 valence electrons. The molecule has 1 aromatic carbocycles. The third kappa shape index (κ3) is 6.53.